The summed E-state index contributed by atoms with van der Waals surface area (Å²) in [5, 5.41) is 4.69. The zero-order valence-corrected chi connectivity index (χ0v) is 20.0. The number of halogens is 5. The molecule has 15 heteroatoms. The number of carbonyl (C=O) groups excluding carboxylic acids is 2. The number of nitrogens with zero attached hydrogens (tertiary/aromatic N) is 3. The molecule has 0 spiro atoms. The van der Waals surface area contributed by atoms with E-state index in [-0.39, 0.29) is 18.7 Å². The van der Waals surface area contributed by atoms with Crippen molar-refractivity contribution in [3.05, 3.63) is 53.9 Å². The second-order valence-electron chi connectivity index (χ2n) is 7.23. The lowest BCUT2D eigenvalue weighted by Crippen LogP contribution is -2.45. The predicted octanol–water partition coefficient (Wildman–Crippen LogP) is 2.60. The van der Waals surface area contributed by atoms with Gasteiger partial charge in [0.25, 0.3) is 5.91 Å². The van der Waals surface area contributed by atoms with Crippen molar-refractivity contribution in [2.45, 2.75) is 28.2 Å². The molecule has 3 rings (SSSR count). The molecule has 0 radical (unpaired) electrons. The molecule has 0 fully saturated rings. The molecule has 1 aliphatic rings. The Labute approximate surface area is 208 Å². The number of pyridine rings is 1. The average molecular weight is 552 g/mol. The Kier molecular flexibility index (Phi) is 8.36. The van der Waals surface area contributed by atoms with Gasteiger partial charge in [-0.1, -0.05) is 6.07 Å². The highest BCUT2D eigenvalue weighted by Crippen LogP contribution is 2.35. The van der Waals surface area contributed by atoms with Gasteiger partial charge >= 0.3 is 6.18 Å². The van der Waals surface area contributed by atoms with Crippen LogP contribution in [0.15, 0.2) is 52.6 Å². The summed E-state index contributed by atoms with van der Waals surface area (Å²) in [6, 6.07) is 7.12. The van der Waals surface area contributed by atoms with Gasteiger partial charge in [0.05, 0.1) is 15.8 Å². The fraction of sp³-hybridized carbons (Fsp3) is 0.300. The number of sulfonamides is 1. The molecule has 2 atom stereocenters. The van der Waals surface area contributed by atoms with Crippen molar-refractivity contribution in [1.29, 1.82) is 0 Å². The predicted molar refractivity (Wildman–Crippen MR) is 123 cm³/mol. The lowest BCUT2D eigenvalue weighted by Gasteiger charge is -2.25. The van der Waals surface area contributed by atoms with E-state index in [2.05, 4.69) is 20.1 Å². The van der Waals surface area contributed by atoms with Gasteiger partial charge in [-0.05, 0) is 30.3 Å². The number of nitrogens with one attached hydrogen (secondary N) is 2. The molecule has 1 aliphatic heterocycles. The summed E-state index contributed by atoms with van der Waals surface area (Å²) in [7, 11) is -4.62. The Morgan fingerprint density at radius 3 is 2.57 bits per heavy atom. The minimum Gasteiger partial charge on any atom is -0.324 e. The van der Waals surface area contributed by atoms with Crippen LogP contribution in [-0.4, -0.2) is 60.3 Å². The van der Waals surface area contributed by atoms with Gasteiger partial charge < -0.3 is 5.32 Å². The molecule has 188 valence electrons. The Morgan fingerprint density at radius 1 is 1.17 bits per heavy atom. The normalized spacial score (nSPS) is 18.5. The van der Waals surface area contributed by atoms with Gasteiger partial charge in [0.1, 0.15) is 11.9 Å². The van der Waals surface area contributed by atoms with E-state index in [0.29, 0.717) is 17.8 Å². The van der Waals surface area contributed by atoms with Gasteiger partial charge in [0, 0.05) is 36.8 Å². The monoisotopic (exact) mass is 551 g/mol. The summed E-state index contributed by atoms with van der Waals surface area (Å²) in [5.74, 6) is -1.59. The number of anilines is 1. The van der Waals surface area contributed by atoms with Crippen molar-refractivity contribution >= 4 is 56.9 Å². The van der Waals surface area contributed by atoms with Gasteiger partial charge in [-0.2, -0.15) is 18.3 Å². The summed E-state index contributed by atoms with van der Waals surface area (Å²) in [4.78, 5) is 27.4. The molecule has 2 N–H and O–H groups in total. The maximum absolute atomic E-state index is 13.5. The lowest BCUT2D eigenvalue weighted by atomic mass is 10.2. The largest absolute Gasteiger partial charge is 0.417 e. The van der Waals surface area contributed by atoms with Crippen LogP contribution >= 0.6 is 23.2 Å². The van der Waals surface area contributed by atoms with Crippen LogP contribution in [0.3, 0.4) is 0 Å². The Hall–Kier alpha value is -2.74. The molecule has 9 nitrogen and oxygen atoms in total. The van der Waals surface area contributed by atoms with Crippen LogP contribution in [-0.2, 0) is 32.2 Å². The molecule has 35 heavy (non-hydrogen) atoms. The molecule has 2 aromatic rings. The zero-order valence-electron chi connectivity index (χ0n) is 17.7. The van der Waals surface area contributed by atoms with Crippen LogP contribution < -0.4 is 10.0 Å². The van der Waals surface area contributed by atoms with Crippen molar-refractivity contribution in [1.82, 2.24) is 14.7 Å². The standard InChI is InChI=1S/C20H18Cl2F3N5O4S/c21-15-10-27-30(19(32)18(15)22)11-17(31)29-13-4-5-14(20(23,24)25)16(9-13)35(33,34)28-8-6-12-3-1-2-7-26-12/h1-5,7,9-10,15,18,28H,6,8,11H2,(H,29,31). The van der Waals surface area contributed by atoms with Crippen LogP contribution in [0.5, 0.6) is 0 Å². The fourth-order valence-corrected chi connectivity index (χ4v) is 4.62. The van der Waals surface area contributed by atoms with Gasteiger partial charge in [0.15, 0.2) is 0 Å². The average Bonchev–Trinajstić information content (AvgIpc) is 2.79. The Bertz CT molecular complexity index is 1230. The van der Waals surface area contributed by atoms with E-state index in [9.17, 15) is 31.2 Å². The van der Waals surface area contributed by atoms with Crippen LogP contribution in [0.25, 0.3) is 0 Å². The third-order valence-electron chi connectivity index (χ3n) is 4.67. The number of alkyl halides is 5. The van der Waals surface area contributed by atoms with E-state index in [4.69, 9.17) is 23.2 Å². The van der Waals surface area contributed by atoms with Gasteiger partial charge in [-0.3, -0.25) is 14.6 Å². The summed E-state index contributed by atoms with van der Waals surface area (Å²) < 4.78 is 68.1. The van der Waals surface area contributed by atoms with Crippen LogP contribution in [0, 0.1) is 0 Å². The maximum Gasteiger partial charge on any atom is 0.417 e. The second-order valence-corrected chi connectivity index (χ2v) is 9.94. The number of hydrazone groups is 1. The van der Waals surface area contributed by atoms with E-state index in [1.54, 1.807) is 18.2 Å². The first-order valence-corrected chi connectivity index (χ1v) is 12.3. The number of hydrogen-bond acceptors (Lipinski definition) is 6. The molecule has 1 aromatic carbocycles. The van der Waals surface area contributed by atoms with E-state index >= 15 is 0 Å². The summed E-state index contributed by atoms with van der Waals surface area (Å²) >= 11 is 11.6. The fourth-order valence-electron chi connectivity index (χ4n) is 3.00. The first-order chi connectivity index (χ1) is 16.4. The molecular weight excluding hydrogens is 534 g/mol. The number of rotatable bonds is 8. The minimum atomic E-state index is -4.98. The molecule has 0 bridgehead atoms. The van der Waals surface area contributed by atoms with E-state index < -0.39 is 55.8 Å². The molecule has 2 unspecified atom stereocenters. The van der Waals surface area contributed by atoms with Crippen molar-refractivity contribution < 1.29 is 31.2 Å². The SMILES string of the molecule is O=C(CN1N=CC(Cl)C(Cl)C1=O)Nc1ccc(C(F)(F)F)c(S(=O)(=O)NCCc2ccccn2)c1. The molecule has 2 heterocycles. The molecule has 2 amide bonds. The number of carbonyl (C=O) groups is 2. The Balaban J connectivity index is 1.77. The summed E-state index contributed by atoms with van der Waals surface area (Å²) in [6.45, 7) is -0.822. The van der Waals surface area contributed by atoms with Crippen molar-refractivity contribution in [3.8, 4) is 0 Å². The van der Waals surface area contributed by atoms with Crippen molar-refractivity contribution in [3.63, 3.8) is 0 Å². The van der Waals surface area contributed by atoms with Crippen LogP contribution in [0.1, 0.15) is 11.3 Å². The van der Waals surface area contributed by atoms with E-state index in [0.717, 1.165) is 17.3 Å². The van der Waals surface area contributed by atoms with Gasteiger partial charge in [-0.25, -0.2) is 18.1 Å². The topological polar surface area (TPSA) is 121 Å². The molecule has 0 aliphatic carbocycles. The molecular formula is C20H18Cl2F3N5O4S. The van der Waals surface area contributed by atoms with Crippen LogP contribution in [0.4, 0.5) is 18.9 Å². The highest BCUT2D eigenvalue weighted by molar-refractivity contribution is 7.89. The highest BCUT2D eigenvalue weighted by Gasteiger charge is 2.37. The van der Waals surface area contributed by atoms with Gasteiger partial charge in [0.2, 0.25) is 15.9 Å². The first kappa shape index (κ1) is 26.9. The van der Waals surface area contributed by atoms with Gasteiger partial charge in [-0.15, -0.1) is 23.2 Å². The molecule has 0 saturated carbocycles. The van der Waals surface area contributed by atoms with E-state index in [1.165, 1.54) is 6.20 Å². The van der Waals surface area contributed by atoms with E-state index in [1.807, 2.05) is 0 Å². The third-order valence-corrected chi connectivity index (χ3v) is 7.12. The quantitative estimate of drug-likeness (QED) is 0.488. The molecule has 0 saturated heterocycles. The number of amides is 2. The number of aromatic nitrogens is 1. The zero-order chi connectivity index (χ0) is 25.8. The number of hydrogen-bond donors (Lipinski definition) is 2. The third kappa shape index (κ3) is 6.90. The summed E-state index contributed by atoms with van der Waals surface area (Å²) in [6.07, 6.45) is -2.17. The first-order valence-electron chi connectivity index (χ1n) is 9.93. The van der Waals surface area contributed by atoms with Crippen LogP contribution in [0.2, 0.25) is 0 Å². The van der Waals surface area contributed by atoms with Crippen molar-refractivity contribution in [2.75, 3.05) is 18.4 Å². The second kappa shape index (κ2) is 10.9. The summed E-state index contributed by atoms with van der Waals surface area (Å²) in [5.41, 5.74) is -1.10. The molecule has 1 aromatic heterocycles. The van der Waals surface area contributed by atoms with Crippen molar-refractivity contribution in [2.24, 2.45) is 5.10 Å². The Morgan fingerprint density at radius 2 is 1.91 bits per heavy atom. The minimum absolute atomic E-state index is 0.146. The smallest absolute Gasteiger partial charge is 0.324 e. The highest BCUT2D eigenvalue weighted by atomic mass is 35.5. The maximum atomic E-state index is 13.5. The number of benzene rings is 1. The lowest BCUT2D eigenvalue weighted by molar-refractivity contribution is -0.139.